The zero-order valence-electron chi connectivity index (χ0n) is 10.7. The summed E-state index contributed by atoms with van der Waals surface area (Å²) in [7, 11) is 0. The largest absolute Gasteiger partial charge is 0.0999 e. The molecule has 0 bridgehead atoms. The third kappa shape index (κ3) is 5.20. The molecule has 0 heterocycles. The minimum Gasteiger partial charge on any atom is -0.0999 e. The first-order valence-electron chi connectivity index (χ1n) is 6.32. The van der Waals surface area contributed by atoms with Gasteiger partial charge in [-0.25, -0.2) is 0 Å². The third-order valence-corrected chi connectivity index (χ3v) is 3.57. The molecule has 0 nitrogen and oxygen atoms in total. The Morgan fingerprint density at radius 1 is 1.13 bits per heavy atom. The first-order chi connectivity index (χ1) is 6.99. The van der Waals surface area contributed by atoms with Crippen LogP contribution in [0.1, 0.15) is 65.7 Å². The molecular formula is C15H26. The van der Waals surface area contributed by atoms with Crippen LogP contribution in [0.5, 0.6) is 0 Å². The summed E-state index contributed by atoms with van der Waals surface area (Å²) in [5.41, 5.74) is 3.52. The van der Waals surface area contributed by atoms with E-state index in [1.807, 2.05) is 0 Å². The van der Waals surface area contributed by atoms with Gasteiger partial charge in [0.25, 0.3) is 0 Å². The van der Waals surface area contributed by atoms with E-state index >= 15 is 0 Å². The first kappa shape index (κ1) is 12.5. The van der Waals surface area contributed by atoms with Crippen LogP contribution >= 0.6 is 0 Å². The van der Waals surface area contributed by atoms with Crippen molar-refractivity contribution in [1.29, 1.82) is 0 Å². The molecule has 0 heteroatoms. The molecule has 0 aromatic rings. The van der Waals surface area contributed by atoms with Gasteiger partial charge in [-0.3, -0.25) is 0 Å². The third-order valence-electron chi connectivity index (χ3n) is 3.57. The zero-order valence-corrected chi connectivity index (χ0v) is 10.7. The van der Waals surface area contributed by atoms with Crippen LogP contribution in [0.3, 0.4) is 0 Å². The van der Waals surface area contributed by atoms with Crippen molar-refractivity contribution in [3.8, 4) is 0 Å². The van der Waals surface area contributed by atoms with Gasteiger partial charge < -0.3 is 0 Å². The molecule has 0 amide bonds. The second-order valence-electron chi connectivity index (χ2n) is 5.86. The molecule has 1 aliphatic carbocycles. The highest BCUT2D eigenvalue weighted by Crippen LogP contribution is 2.32. The molecule has 15 heavy (non-hydrogen) atoms. The van der Waals surface area contributed by atoms with Gasteiger partial charge in [0.05, 0.1) is 0 Å². The maximum Gasteiger partial charge on any atom is -0.0288 e. The average molecular weight is 206 g/mol. The van der Waals surface area contributed by atoms with E-state index in [0.717, 1.165) is 0 Å². The fourth-order valence-corrected chi connectivity index (χ4v) is 2.24. The maximum absolute atomic E-state index is 4.18. The second kappa shape index (κ2) is 5.53. The molecule has 1 aliphatic rings. The Labute approximate surface area is 95.5 Å². The van der Waals surface area contributed by atoms with Crippen molar-refractivity contribution >= 4 is 0 Å². The lowest BCUT2D eigenvalue weighted by molar-refractivity contribution is 0.299. The van der Waals surface area contributed by atoms with E-state index in [0.29, 0.717) is 5.41 Å². The van der Waals surface area contributed by atoms with Crippen LogP contribution < -0.4 is 0 Å². The molecule has 0 spiro atoms. The molecular weight excluding hydrogens is 180 g/mol. The smallest absolute Gasteiger partial charge is 0.0288 e. The molecule has 0 atom stereocenters. The predicted octanol–water partition coefficient (Wildman–Crippen LogP) is 5.26. The minimum atomic E-state index is 0.507. The van der Waals surface area contributed by atoms with E-state index in [9.17, 15) is 0 Å². The Morgan fingerprint density at radius 3 is 2.60 bits per heavy atom. The highest BCUT2D eigenvalue weighted by atomic mass is 14.2. The van der Waals surface area contributed by atoms with E-state index in [4.69, 9.17) is 0 Å². The van der Waals surface area contributed by atoms with E-state index in [-0.39, 0.29) is 0 Å². The van der Waals surface area contributed by atoms with Crippen LogP contribution in [0.2, 0.25) is 0 Å². The van der Waals surface area contributed by atoms with Crippen molar-refractivity contribution in [2.75, 3.05) is 0 Å². The van der Waals surface area contributed by atoms with E-state index in [2.05, 4.69) is 33.4 Å². The van der Waals surface area contributed by atoms with Crippen LogP contribution in [-0.4, -0.2) is 0 Å². The van der Waals surface area contributed by atoms with Gasteiger partial charge in [-0.2, -0.15) is 0 Å². The molecule has 0 aromatic carbocycles. The molecule has 0 N–H and O–H groups in total. The van der Waals surface area contributed by atoms with Gasteiger partial charge in [0, 0.05) is 0 Å². The van der Waals surface area contributed by atoms with Crippen LogP contribution in [0.15, 0.2) is 23.8 Å². The maximum atomic E-state index is 4.18. The summed E-state index contributed by atoms with van der Waals surface area (Å²) in [6.45, 7) is 11.3. The topological polar surface area (TPSA) is 0 Å². The van der Waals surface area contributed by atoms with Crippen molar-refractivity contribution < 1.29 is 0 Å². The van der Waals surface area contributed by atoms with Crippen molar-refractivity contribution in [1.82, 2.24) is 0 Å². The normalized spacial score (nSPS) is 27.7. The van der Waals surface area contributed by atoms with Gasteiger partial charge in [-0.1, -0.05) is 37.6 Å². The molecule has 0 aromatic heterocycles. The van der Waals surface area contributed by atoms with Crippen LogP contribution in [0, 0.1) is 5.41 Å². The lowest BCUT2D eigenvalue weighted by atomic mass is 9.81. The van der Waals surface area contributed by atoms with Crippen molar-refractivity contribution in [3.63, 3.8) is 0 Å². The van der Waals surface area contributed by atoms with Gasteiger partial charge in [-0.15, -0.1) is 0 Å². The summed E-state index contributed by atoms with van der Waals surface area (Å²) in [5.74, 6) is 0. The minimum absolute atomic E-state index is 0.507. The summed E-state index contributed by atoms with van der Waals surface area (Å²) < 4.78 is 0. The van der Waals surface area contributed by atoms with Crippen LogP contribution in [-0.2, 0) is 0 Å². The summed E-state index contributed by atoms with van der Waals surface area (Å²) in [6.07, 6.45) is 11.3. The van der Waals surface area contributed by atoms with Crippen LogP contribution in [0.4, 0.5) is 0 Å². The SMILES string of the molecule is C=C1CC/C=C(/C)CCCC(C)(C)CC1. The standard InChI is InChI=1S/C15H26/c1-13-7-5-8-14(2)10-12-15(3,4)11-6-9-13/h7H,2,5-6,8-12H2,1,3-4H3/b13-7-. The van der Waals surface area contributed by atoms with Gasteiger partial charge >= 0.3 is 0 Å². The Hall–Kier alpha value is -0.520. The fraction of sp³-hybridized carbons (Fsp3) is 0.733. The number of hydrogen-bond donors (Lipinski definition) is 0. The highest BCUT2D eigenvalue weighted by Gasteiger charge is 2.17. The van der Waals surface area contributed by atoms with Crippen LogP contribution in [0.25, 0.3) is 0 Å². The summed E-state index contributed by atoms with van der Waals surface area (Å²) in [5, 5.41) is 0. The Kier molecular flexibility index (Phi) is 4.63. The molecule has 0 radical (unpaired) electrons. The molecule has 0 saturated heterocycles. The van der Waals surface area contributed by atoms with Crippen molar-refractivity contribution in [3.05, 3.63) is 23.8 Å². The van der Waals surface area contributed by atoms with Gasteiger partial charge in [0.2, 0.25) is 0 Å². The van der Waals surface area contributed by atoms with Gasteiger partial charge in [-0.05, 0) is 57.3 Å². The lowest BCUT2D eigenvalue weighted by Crippen LogP contribution is -2.11. The Morgan fingerprint density at radius 2 is 1.87 bits per heavy atom. The lowest BCUT2D eigenvalue weighted by Gasteiger charge is -2.24. The summed E-state index contributed by atoms with van der Waals surface area (Å²) in [6, 6.07) is 0. The Bertz CT molecular complexity index is 243. The first-order valence-corrected chi connectivity index (χ1v) is 6.32. The molecule has 1 rings (SSSR count). The van der Waals surface area contributed by atoms with Crippen molar-refractivity contribution in [2.24, 2.45) is 5.41 Å². The molecule has 0 fully saturated rings. The molecule has 86 valence electrons. The van der Waals surface area contributed by atoms with E-state index in [1.54, 1.807) is 5.57 Å². The van der Waals surface area contributed by atoms with Gasteiger partial charge in [0.15, 0.2) is 0 Å². The van der Waals surface area contributed by atoms with Crippen molar-refractivity contribution in [2.45, 2.75) is 65.7 Å². The number of rotatable bonds is 0. The average Bonchev–Trinajstić information content (AvgIpc) is 2.15. The predicted molar refractivity (Wildman–Crippen MR) is 69.0 cm³/mol. The number of allylic oxidation sites excluding steroid dienone is 3. The monoisotopic (exact) mass is 206 g/mol. The Balaban J connectivity index is 2.58. The molecule has 0 unspecified atom stereocenters. The molecule has 0 aliphatic heterocycles. The molecule has 0 saturated carbocycles. The van der Waals surface area contributed by atoms with Gasteiger partial charge in [0.1, 0.15) is 0 Å². The summed E-state index contributed by atoms with van der Waals surface area (Å²) in [4.78, 5) is 0. The zero-order chi connectivity index (χ0) is 11.3. The van der Waals surface area contributed by atoms with E-state index < -0.39 is 0 Å². The van der Waals surface area contributed by atoms with E-state index in [1.165, 1.54) is 50.5 Å². The summed E-state index contributed by atoms with van der Waals surface area (Å²) >= 11 is 0. The second-order valence-corrected chi connectivity index (χ2v) is 5.86. The fourth-order valence-electron chi connectivity index (χ4n) is 2.24. The quantitative estimate of drug-likeness (QED) is 0.474. The highest BCUT2D eigenvalue weighted by molar-refractivity contribution is 5.03. The number of hydrogen-bond acceptors (Lipinski definition) is 0.